The minimum atomic E-state index is -3.96. The van der Waals surface area contributed by atoms with Gasteiger partial charge in [-0.15, -0.1) is 0 Å². The molecule has 0 saturated carbocycles. The van der Waals surface area contributed by atoms with Gasteiger partial charge in [0.1, 0.15) is 0 Å². The number of hydrogen-bond donors (Lipinski definition) is 2. The number of rotatable bonds is 5. The number of carbonyl (C=O) groups is 2. The van der Waals surface area contributed by atoms with Crippen LogP contribution in [0.15, 0.2) is 12.2 Å². The van der Waals surface area contributed by atoms with E-state index in [9.17, 15) is 28.2 Å². The van der Waals surface area contributed by atoms with Gasteiger partial charge in [-0.05, 0) is 25.7 Å². The lowest BCUT2D eigenvalue weighted by atomic mass is 9.75. The van der Waals surface area contributed by atoms with Crippen LogP contribution in [0.3, 0.4) is 0 Å². The summed E-state index contributed by atoms with van der Waals surface area (Å²) in [5, 5.41) is 18.7. The Bertz CT molecular complexity index is 547. The normalized spacial score (nSPS) is 30.4. The van der Waals surface area contributed by atoms with Gasteiger partial charge in [0.25, 0.3) is 0 Å². The molecule has 2 atom stereocenters. The highest BCUT2D eigenvalue weighted by atomic mass is 32.2. The van der Waals surface area contributed by atoms with Crippen molar-refractivity contribution in [1.82, 2.24) is 0 Å². The van der Waals surface area contributed by atoms with E-state index >= 15 is 0 Å². The van der Waals surface area contributed by atoms with E-state index in [1.165, 1.54) is 19.1 Å². The lowest BCUT2D eigenvalue weighted by Gasteiger charge is -2.37. The Hall–Kier alpha value is -1.37. The average molecular weight is 304 g/mol. The van der Waals surface area contributed by atoms with Gasteiger partial charge in [-0.25, -0.2) is 8.42 Å². The maximum absolute atomic E-state index is 12.5. The Labute approximate surface area is 118 Å². The van der Waals surface area contributed by atoms with Gasteiger partial charge in [0.15, 0.2) is 14.6 Å². The van der Waals surface area contributed by atoms with Crippen LogP contribution in [-0.4, -0.2) is 41.1 Å². The van der Waals surface area contributed by atoms with Crippen LogP contribution in [0, 0.1) is 11.3 Å². The molecule has 0 aliphatic heterocycles. The first-order valence-corrected chi connectivity index (χ1v) is 7.99. The van der Waals surface area contributed by atoms with Crippen LogP contribution in [0.2, 0.25) is 0 Å². The largest absolute Gasteiger partial charge is 0.481 e. The average Bonchev–Trinajstić information content (AvgIpc) is 2.26. The van der Waals surface area contributed by atoms with Crippen LogP contribution in [-0.2, 0) is 19.4 Å². The summed E-state index contributed by atoms with van der Waals surface area (Å²) in [7, 11) is -3.96. The molecule has 1 aliphatic rings. The fraction of sp³-hybridized carbons (Fsp3) is 0.692. The Morgan fingerprint density at radius 2 is 1.80 bits per heavy atom. The summed E-state index contributed by atoms with van der Waals surface area (Å²) in [6.45, 7) is 4.71. The van der Waals surface area contributed by atoms with Crippen molar-refractivity contribution in [2.24, 2.45) is 11.3 Å². The van der Waals surface area contributed by atoms with Gasteiger partial charge in [0.2, 0.25) is 0 Å². The molecule has 1 aliphatic carbocycles. The molecule has 7 heteroatoms. The Balaban J connectivity index is 3.37. The maximum Gasteiger partial charge on any atom is 0.325 e. The zero-order valence-electron chi connectivity index (χ0n) is 11.8. The summed E-state index contributed by atoms with van der Waals surface area (Å²) in [5.41, 5.74) is -1.49. The monoisotopic (exact) mass is 304 g/mol. The van der Waals surface area contributed by atoms with Gasteiger partial charge < -0.3 is 10.2 Å². The number of hydrogen-bond acceptors (Lipinski definition) is 4. The van der Waals surface area contributed by atoms with Crippen LogP contribution in [0.25, 0.3) is 0 Å². The molecular formula is C13H20O6S. The third kappa shape index (κ3) is 2.72. The molecule has 0 spiro atoms. The molecule has 0 amide bonds. The summed E-state index contributed by atoms with van der Waals surface area (Å²) in [6.07, 6.45) is 2.08. The van der Waals surface area contributed by atoms with E-state index in [1.54, 1.807) is 13.8 Å². The molecule has 0 aromatic carbocycles. The van der Waals surface area contributed by atoms with Gasteiger partial charge in [-0.1, -0.05) is 26.0 Å². The summed E-state index contributed by atoms with van der Waals surface area (Å²) in [5.74, 6) is -3.20. The molecule has 0 aromatic rings. The van der Waals surface area contributed by atoms with Gasteiger partial charge in [-0.3, -0.25) is 9.59 Å². The van der Waals surface area contributed by atoms with Crippen molar-refractivity contribution in [2.75, 3.05) is 5.75 Å². The van der Waals surface area contributed by atoms with E-state index in [-0.39, 0.29) is 18.1 Å². The molecule has 0 bridgehead atoms. The molecule has 0 radical (unpaired) electrons. The van der Waals surface area contributed by atoms with Crippen molar-refractivity contribution in [3.05, 3.63) is 12.2 Å². The minimum Gasteiger partial charge on any atom is -0.481 e. The Morgan fingerprint density at radius 3 is 2.20 bits per heavy atom. The van der Waals surface area contributed by atoms with E-state index in [0.29, 0.717) is 0 Å². The van der Waals surface area contributed by atoms with E-state index in [2.05, 4.69) is 0 Å². The van der Waals surface area contributed by atoms with Crippen LogP contribution in [0.4, 0.5) is 0 Å². The van der Waals surface area contributed by atoms with E-state index in [4.69, 9.17) is 0 Å². The first-order chi connectivity index (χ1) is 8.97. The van der Waals surface area contributed by atoms with Crippen LogP contribution in [0.5, 0.6) is 0 Å². The van der Waals surface area contributed by atoms with Crippen molar-refractivity contribution in [3.8, 4) is 0 Å². The third-order valence-corrected chi connectivity index (χ3v) is 6.39. The number of aliphatic carboxylic acids is 2. The molecule has 2 N–H and O–H groups in total. The fourth-order valence-electron chi connectivity index (χ4n) is 2.51. The van der Waals surface area contributed by atoms with Crippen LogP contribution in [0.1, 0.15) is 33.6 Å². The van der Waals surface area contributed by atoms with Gasteiger partial charge in [-0.2, -0.15) is 0 Å². The van der Waals surface area contributed by atoms with E-state index in [0.717, 1.165) is 0 Å². The fourth-order valence-corrected chi connectivity index (χ4v) is 4.84. The van der Waals surface area contributed by atoms with Crippen molar-refractivity contribution in [1.29, 1.82) is 0 Å². The molecule has 1 rings (SSSR count). The molecule has 2 unspecified atom stereocenters. The SMILES string of the molecule is CC(C)CS(=O)(=O)C1(C(=O)O)CC=CC(C)(C(=O)O)C1. The Kier molecular flexibility index (Phi) is 4.34. The lowest BCUT2D eigenvalue weighted by Crippen LogP contribution is -2.53. The summed E-state index contributed by atoms with van der Waals surface area (Å²) in [4.78, 5) is 22.9. The first-order valence-electron chi connectivity index (χ1n) is 6.34. The predicted octanol–water partition coefficient (Wildman–Crippen LogP) is 1.32. The second-order valence-electron chi connectivity index (χ2n) is 5.98. The highest BCUT2D eigenvalue weighted by molar-refractivity contribution is 7.93. The lowest BCUT2D eigenvalue weighted by molar-refractivity contribution is -0.148. The van der Waals surface area contributed by atoms with Crippen molar-refractivity contribution in [3.63, 3.8) is 0 Å². The first kappa shape index (κ1) is 16.7. The van der Waals surface area contributed by atoms with Crippen molar-refractivity contribution < 1.29 is 28.2 Å². The molecule has 114 valence electrons. The smallest absolute Gasteiger partial charge is 0.325 e. The topological polar surface area (TPSA) is 109 Å². The van der Waals surface area contributed by atoms with Gasteiger partial charge in [0, 0.05) is 0 Å². The molecule has 0 heterocycles. The molecule has 6 nitrogen and oxygen atoms in total. The standard InChI is InChI=1S/C13H20O6S/c1-9(2)7-20(18,19)13(11(16)17)6-4-5-12(3,8-13)10(14)15/h4-5,9H,6-8H2,1-3H3,(H,14,15)(H,16,17). The van der Waals surface area contributed by atoms with Gasteiger partial charge in [0.05, 0.1) is 11.2 Å². The number of allylic oxidation sites excluding steroid dienone is 1. The number of sulfone groups is 1. The summed E-state index contributed by atoms with van der Waals surface area (Å²) < 4.78 is 22.9. The van der Waals surface area contributed by atoms with E-state index < -0.39 is 38.4 Å². The second-order valence-corrected chi connectivity index (χ2v) is 8.32. The molecule has 0 fully saturated rings. The molecule has 0 aromatic heterocycles. The predicted molar refractivity (Wildman–Crippen MR) is 73.1 cm³/mol. The van der Waals surface area contributed by atoms with Crippen molar-refractivity contribution >= 4 is 21.8 Å². The molecular weight excluding hydrogens is 284 g/mol. The maximum atomic E-state index is 12.5. The number of carboxylic acid groups (broad SMARTS) is 2. The highest BCUT2D eigenvalue weighted by Gasteiger charge is 2.56. The van der Waals surface area contributed by atoms with Crippen LogP contribution >= 0.6 is 0 Å². The van der Waals surface area contributed by atoms with Gasteiger partial charge >= 0.3 is 11.9 Å². The van der Waals surface area contributed by atoms with Crippen molar-refractivity contribution in [2.45, 2.75) is 38.4 Å². The molecule has 20 heavy (non-hydrogen) atoms. The minimum absolute atomic E-state index is 0.194. The highest BCUT2D eigenvalue weighted by Crippen LogP contribution is 2.42. The van der Waals surface area contributed by atoms with Crippen LogP contribution < -0.4 is 0 Å². The Morgan fingerprint density at radius 1 is 1.25 bits per heavy atom. The zero-order chi connectivity index (χ0) is 15.8. The summed E-state index contributed by atoms with van der Waals surface area (Å²) >= 11 is 0. The second kappa shape index (κ2) is 5.20. The third-order valence-electron chi connectivity index (χ3n) is 3.61. The summed E-state index contributed by atoms with van der Waals surface area (Å²) in [6, 6.07) is 0. The zero-order valence-corrected chi connectivity index (χ0v) is 12.6. The van der Waals surface area contributed by atoms with E-state index in [1.807, 2.05) is 0 Å². The molecule has 0 saturated heterocycles. The quantitative estimate of drug-likeness (QED) is 0.741. The number of carboxylic acids is 2.